The highest BCUT2D eigenvalue weighted by molar-refractivity contribution is 7.77. The number of halogens is 3. The van der Waals surface area contributed by atoms with Gasteiger partial charge in [-0.25, -0.2) is 13.8 Å². The summed E-state index contributed by atoms with van der Waals surface area (Å²) in [6.07, 6.45) is -4.54. The molecule has 3 rings (SSSR count). The van der Waals surface area contributed by atoms with Crippen LogP contribution in [0.4, 0.5) is 18.0 Å². The Kier molecular flexibility index (Phi) is 7.54. The standard InChI is InChI=1S/C22H22F3N3O4S/c1-3-4-13-27(33(30)31)21(29)32-18-11-9-17(10-12-18)28-19(14-20(26-28)22(23,24)25)16-7-5-15(2)6-8-16/h5-12,14H,3-4,13H2,1-2H3,(H,30,31)/p-1. The van der Waals surface area contributed by atoms with Crippen LogP contribution in [0.15, 0.2) is 54.6 Å². The van der Waals surface area contributed by atoms with Crippen LogP contribution in [0.2, 0.25) is 0 Å². The first-order valence-corrected chi connectivity index (χ1v) is 11.1. The molecule has 0 bridgehead atoms. The number of ether oxygens (including phenoxy) is 1. The summed E-state index contributed by atoms with van der Waals surface area (Å²) in [5, 5.41) is 3.72. The number of amides is 1. The first-order valence-electron chi connectivity index (χ1n) is 10.0. The average Bonchev–Trinajstić information content (AvgIpc) is 3.21. The summed E-state index contributed by atoms with van der Waals surface area (Å²) in [6.45, 7) is 3.70. The molecule has 1 unspecified atom stereocenters. The number of unbranched alkanes of at least 4 members (excludes halogenated alkanes) is 1. The molecule has 7 nitrogen and oxygen atoms in total. The SMILES string of the molecule is CCCCN(C(=O)Oc1ccc(-n2nc(C(F)(F)F)cc2-c2ccc(C)cc2)cc1)S(=O)[O-]. The van der Waals surface area contributed by atoms with Crippen molar-refractivity contribution in [2.24, 2.45) is 0 Å². The molecule has 0 aliphatic heterocycles. The molecule has 11 heteroatoms. The van der Waals surface area contributed by atoms with Gasteiger partial charge in [0.25, 0.3) is 0 Å². The fraction of sp³-hybridized carbons (Fsp3) is 0.273. The van der Waals surface area contributed by atoms with Gasteiger partial charge in [-0.05, 0) is 43.7 Å². The van der Waals surface area contributed by atoms with Crippen molar-refractivity contribution in [2.75, 3.05) is 6.54 Å². The third kappa shape index (κ3) is 5.99. The minimum atomic E-state index is -4.63. The lowest BCUT2D eigenvalue weighted by Crippen LogP contribution is -2.35. The van der Waals surface area contributed by atoms with Crippen LogP contribution in [0.5, 0.6) is 5.75 Å². The van der Waals surface area contributed by atoms with Crippen LogP contribution in [-0.4, -0.2) is 35.5 Å². The first kappa shape index (κ1) is 24.5. The van der Waals surface area contributed by atoms with Gasteiger partial charge >= 0.3 is 12.3 Å². The van der Waals surface area contributed by atoms with Crippen molar-refractivity contribution in [1.29, 1.82) is 0 Å². The van der Waals surface area contributed by atoms with E-state index in [0.29, 0.717) is 28.4 Å². The highest BCUT2D eigenvalue weighted by Gasteiger charge is 2.35. The molecule has 1 amide bonds. The third-order valence-corrected chi connectivity index (χ3v) is 5.42. The number of carbonyl (C=O) groups excluding carboxylic acids is 1. The number of aromatic nitrogens is 2. The number of rotatable bonds is 7. The van der Waals surface area contributed by atoms with Crippen molar-refractivity contribution in [3.05, 3.63) is 65.9 Å². The van der Waals surface area contributed by atoms with Crippen molar-refractivity contribution in [3.8, 4) is 22.7 Å². The van der Waals surface area contributed by atoms with Gasteiger partial charge in [-0.1, -0.05) is 43.2 Å². The molecular formula is C22H21F3N3O4S-. The van der Waals surface area contributed by atoms with Crippen LogP contribution < -0.4 is 4.74 Å². The van der Waals surface area contributed by atoms with Crippen LogP contribution in [0.3, 0.4) is 0 Å². The van der Waals surface area contributed by atoms with Crippen LogP contribution in [0, 0.1) is 6.92 Å². The summed E-state index contributed by atoms with van der Waals surface area (Å²) in [5.74, 6) is 0.0378. The van der Waals surface area contributed by atoms with Crippen molar-refractivity contribution < 1.29 is 31.5 Å². The Morgan fingerprint density at radius 3 is 2.33 bits per heavy atom. The minimum Gasteiger partial charge on any atom is -0.755 e. The van der Waals surface area contributed by atoms with Crippen LogP contribution in [-0.2, 0) is 17.4 Å². The Morgan fingerprint density at radius 2 is 1.79 bits per heavy atom. The lowest BCUT2D eigenvalue weighted by atomic mass is 10.1. The molecule has 2 aromatic carbocycles. The van der Waals surface area contributed by atoms with E-state index in [9.17, 15) is 26.7 Å². The fourth-order valence-electron chi connectivity index (χ4n) is 2.98. The van der Waals surface area contributed by atoms with Crippen LogP contribution in [0.25, 0.3) is 16.9 Å². The van der Waals surface area contributed by atoms with E-state index in [1.807, 2.05) is 13.8 Å². The van der Waals surface area contributed by atoms with Gasteiger partial charge in [0.15, 0.2) is 5.69 Å². The molecule has 0 aliphatic carbocycles. The number of benzene rings is 2. The molecule has 0 saturated heterocycles. The Hall–Kier alpha value is -3.18. The van der Waals surface area contributed by atoms with Crippen LogP contribution >= 0.6 is 0 Å². The van der Waals surface area contributed by atoms with E-state index in [1.165, 1.54) is 24.3 Å². The van der Waals surface area contributed by atoms with Gasteiger partial charge in [-0.15, -0.1) is 0 Å². The molecule has 0 N–H and O–H groups in total. The number of aryl methyl sites for hydroxylation is 1. The lowest BCUT2D eigenvalue weighted by molar-refractivity contribution is -0.141. The minimum absolute atomic E-state index is 0.0169. The maximum absolute atomic E-state index is 13.3. The van der Waals surface area contributed by atoms with E-state index in [4.69, 9.17) is 4.74 Å². The maximum atomic E-state index is 13.3. The number of hydrogen-bond acceptors (Lipinski definition) is 5. The quantitative estimate of drug-likeness (QED) is 0.431. The second-order valence-electron chi connectivity index (χ2n) is 7.23. The van der Waals surface area contributed by atoms with E-state index >= 15 is 0 Å². The molecule has 0 radical (unpaired) electrons. The molecule has 0 fully saturated rings. The lowest BCUT2D eigenvalue weighted by Gasteiger charge is -2.23. The van der Waals surface area contributed by atoms with Gasteiger partial charge in [-0.3, -0.25) is 4.21 Å². The Balaban J connectivity index is 1.89. The Labute approximate surface area is 191 Å². The highest BCUT2D eigenvalue weighted by Crippen LogP contribution is 2.33. The summed E-state index contributed by atoms with van der Waals surface area (Å²) in [7, 11) is 0. The molecule has 1 atom stereocenters. The zero-order valence-electron chi connectivity index (χ0n) is 17.8. The summed E-state index contributed by atoms with van der Waals surface area (Å²) < 4.78 is 69.3. The largest absolute Gasteiger partial charge is 0.755 e. The molecule has 0 saturated carbocycles. The Morgan fingerprint density at radius 1 is 1.15 bits per heavy atom. The monoisotopic (exact) mass is 480 g/mol. The topological polar surface area (TPSA) is 87.5 Å². The zero-order valence-corrected chi connectivity index (χ0v) is 18.7. The van der Waals surface area contributed by atoms with E-state index in [2.05, 4.69) is 5.10 Å². The second kappa shape index (κ2) is 10.2. The summed E-state index contributed by atoms with van der Waals surface area (Å²) in [5.41, 5.74) is 0.997. The fourth-order valence-corrected chi connectivity index (χ4v) is 3.42. The van der Waals surface area contributed by atoms with Gasteiger partial charge in [0.05, 0.1) is 22.6 Å². The summed E-state index contributed by atoms with van der Waals surface area (Å²) >= 11 is -2.79. The molecule has 1 aromatic heterocycles. The predicted molar refractivity (Wildman–Crippen MR) is 115 cm³/mol. The Bertz CT molecular complexity index is 1130. The van der Waals surface area contributed by atoms with E-state index in [1.54, 1.807) is 24.3 Å². The van der Waals surface area contributed by atoms with Gasteiger partial charge in [-0.2, -0.15) is 18.3 Å². The summed E-state index contributed by atoms with van der Waals surface area (Å²) in [6, 6.07) is 13.5. The van der Waals surface area contributed by atoms with E-state index < -0.39 is 29.2 Å². The molecule has 33 heavy (non-hydrogen) atoms. The first-order chi connectivity index (χ1) is 15.6. The van der Waals surface area contributed by atoms with E-state index in [0.717, 1.165) is 16.3 Å². The highest BCUT2D eigenvalue weighted by atomic mass is 32.2. The average molecular weight is 480 g/mol. The number of carbonyl (C=O) groups is 1. The van der Waals surface area contributed by atoms with Gasteiger partial charge in [0, 0.05) is 12.1 Å². The van der Waals surface area contributed by atoms with Gasteiger partial charge < -0.3 is 9.29 Å². The number of nitrogens with zero attached hydrogens (tertiary/aromatic N) is 3. The van der Waals surface area contributed by atoms with Crippen LogP contribution in [0.1, 0.15) is 31.0 Å². The smallest absolute Gasteiger partial charge is 0.435 e. The third-order valence-electron chi connectivity index (χ3n) is 4.73. The van der Waals surface area contributed by atoms with Crippen molar-refractivity contribution in [2.45, 2.75) is 32.9 Å². The predicted octanol–water partition coefficient (Wildman–Crippen LogP) is 5.26. The maximum Gasteiger partial charge on any atom is 0.435 e. The molecule has 0 spiro atoms. The molecule has 176 valence electrons. The molecule has 0 aliphatic rings. The van der Waals surface area contributed by atoms with Crippen molar-refractivity contribution >= 4 is 17.4 Å². The second-order valence-corrected chi connectivity index (χ2v) is 8.10. The number of alkyl halides is 3. The van der Waals surface area contributed by atoms with Crippen molar-refractivity contribution in [3.63, 3.8) is 0 Å². The molecule has 1 heterocycles. The van der Waals surface area contributed by atoms with Crippen molar-refractivity contribution in [1.82, 2.24) is 14.1 Å². The normalized spacial score (nSPS) is 12.4. The molecule has 3 aromatic rings. The van der Waals surface area contributed by atoms with E-state index in [-0.39, 0.29) is 18.0 Å². The van der Waals surface area contributed by atoms with Gasteiger partial charge in [0.1, 0.15) is 5.75 Å². The molecular weight excluding hydrogens is 459 g/mol. The number of hydrogen-bond donors (Lipinski definition) is 0. The zero-order chi connectivity index (χ0) is 24.2. The van der Waals surface area contributed by atoms with Gasteiger partial charge in [0.2, 0.25) is 0 Å². The summed E-state index contributed by atoms with van der Waals surface area (Å²) in [4.78, 5) is 12.2.